The molecule has 0 fully saturated rings. The van der Waals surface area contributed by atoms with Crippen molar-refractivity contribution >= 4 is 33.5 Å². The number of carbonyl (C=O) groups is 1. The van der Waals surface area contributed by atoms with Crippen molar-refractivity contribution in [2.75, 3.05) is 5.32 Å². The number of hydrogen-bond acceptors (Lipinski definition) is 5. The van der Waals surface area contributed by atoms with Gasteiger partial charge in [0.1, 0.15) is 11.6 Å². The first-order valence-corrected chi connectivity index (χ1v) is 9.82. The molecule has 0 spiro atoms. The number of nitriles is 1. The number of halogens is 1. The van der Waals surface area contributed by atoms with Gasteiger partial charge in [-0.2, -0.15) is 10.4 Å². The van der Waals surface area contributed by atoms with Crippen LogP contribution in [0, 0.1) is 18.3 Å². The van der Waals surface area contributed by atoms with Crippen molar-refractivity contribution in [1.82, 2.24) is 14.5 Å². The molecule has 0 unspecified atom stereocenters. The topological polar surface area (TPSA) is 117 Å². The number of hydrogen-bond donors (Lipinski definition) is 2. The van der Waals surface area contributed by atoms with Crippen LogP contribution in [-0.2, 0) is 10.0 Å². The van der Waals surface area contributed by atoms with E-state index in [4.69, 9.17) is 11.6 Å². The summed E-state index contributed by atoms with van der Waals surface area (Å²) in [5.74, 6) is 0.0648. The molecule has 1 aromatic heterocycles. The molecule has 11 heteroatoms. The van der Waals surface area contributed by atoms with E-state index in [1.165, 1.54) is 28.9 Å². The van der Waals surface area contributed by atoms with Crippen LogP contribution in [-0.4, -0.2) is 24.2 Å². The second kappa shape index (κ2) is 9.43. The summed E-state index contributed by atoms with van der Waals surface area (Å²) in [7, 11) is -4.12. The number of rotatable bonds is 4. The van der Waals surface area contributed by atoms with E-state index in [2.05, 4.69) is 10.4 Å². The summed E-state index contributed by atoms with van der Waals surface area (Å²) in [6.07, 6.45) is 0. The van der Waals surface area contributed by atoms with Gasteiger partial charge in [-0.15, -0.1) is 0 Å². The fraction of sp³-hybridized carbons (Fsp3) is 0.0556. The molecule has 2 aromatic carbocycles. The van der Waals surface area contributed by atoms with E-state index in [9.17, 15) is 18.5 Å². The number of carbonyl (C=O) groups excluding carboxylic acids is 1. The molecule has 2 N–H and O–H groups in total. The van der Waals surface area contributed by atoms with Gasteiger partial charge in [0.25, 0.3) is 10.0 Å². The summed E-state index contributed by atoms with van der Waals surface area (Å²) < 4.78 is 28.0. The molecule has 2 amide bonds. The van der Waals surface area contributed by atoms with Crippen LogP contribution in [0.1, 0.15) is 11.3 Å². The second-order valence-corrected chi connectivity index (χ2v) is 7.80. The van der Waals surface area contributed by atoms with Crippen LogP contribution in [0.2, 0.25) is 5.02 Å². The monoisotopic (exact) mass is 438 g/mol. The molecule has 1 heterocycles. The van der Waals surface area contributed by atoms with Crippen molar-refractivity contribution in [2.24, 2.45) is 0 Å². The van der Waals surface area contributed by atoms with Gasteiger partial charge in [0.15, 0.2) is 5.82 Å². The predicted octanol–water partition coefficient (Wildman–Crippen LogP) is 0.220. The molecule has 0 aliphatic rings. The smallest absolute Gasteiger partial charge is 0.290 e. The molecule has 0 saturated heterocycles. The summed E-state index contributed by atoms with van der Waals surface area (Å²) in [6, 6.07) is 15.1. The summed E-state index contributed by atoms with van der Waals surface area (Å²) in [5.41, 5.74) is 1.12. The third-order valence-corrected chi connectivity index (χ3v) is 5.35. The van der Waals surface area contributed by atoms with Gasteiger partial charge >= 0.3 is 35.6 Å². The van der Waals surface area contributed by atoms with Crippen LogP contribution < -0.4 is 39.6 Å². The largest absolute Gasteiger partial charge is 1.00 e. The summed E-state index contributed by atoms with van der Waals surface area (Å²) in [6.45, 7) is 1.62. The molecule has 0 aliphatic carbocycles. The van der Waals surface area contributed by atoms with Gasteiger partial charge in [0.05, 0.1) is 16.3 Å². The van der Waals surface area contributed by atoms with E-state index in [0.29, 0.717) is 16.4 Å². The molecule has 142 valence electrons. The van der Waals surface area contributed by atoms with Gasteiger partial charge in [0, 0.05) is 5.02 Å². The minimum absolute atomic E-state index is 0. The average molecular weight is 439 g/mol. The number of aromatic nitrogens is 2. The molecule has 3 aromatic rings. The molecule has 8 nitrogen and oxygen atoms in total. The van der Waals surface area contributed by atoms with Crippen LogP contribution >= 0.6 is 11.6 Å². The Balaban J connectivity index is 0.00000300. The molecular weight excluding hydrogens is 425 g/mol. The van der Waals surface area contributed by atoms with Gasteiger partial charge in [-0.25, -0.2) is 22.6 Å². The molecule has 0 bridgehead atoms. The van der Waals surface area contributed by atoms with Crippen molar-refractivity contribution in [3.8, 4) is 11.8 Å². The Morgan fingerprint density at radius 1 is 1.14 bits per heavy atom. The number of amides is 2. The number of nitrogens with one attached hydrogen (secondary N) is 2. The van der Waals surface area contributed by atoms with Crippen LogP contribution in [0.4, 0.5) is 10.6 Å². The van der Waals surface area contributed by atoms with E-state index in [-0.39, 0.29) is 45.8 Å². The first-order valence-electron chi connectivity index (χ1n) is 7.96. The van der Waals surface area contributed by atoms with Crippen LogP contribution in [0.15, 0.2) is 59.5 Å². The molecule has 0 saturated carbocycles. The number of aryl methyl sites for hydroxylation is 1. The minimum Gasteiger partial charge on any atom is -0.290 e. The van der Waals surface area contributed by atoms with Gasteiger partial charge < -0.3 is 0 Å². The molecule has 0 radical (unpaired) electrons. The van der Waals surface area contributed by atoms with Crippen molar-refractivity contribution in [2.45, 2.75) is 11.8 Å². The zero-order valence-corrected chi connectivity index (χ0v) is 19.1. The van der Waals surface area contributed by atoms with Crippen LogP contribution in [0.3, 0.4) is 0 Å². The van der Waals surface area contributed by atoms with Gasteiger partial charge in [-0.3, -0.25) is 5.32 Å². The molecule has 29 heavy (non-hydrogen) atoms. The average Bonchev–Trinajstić information content (AvgIpc) is 2.97. The first kappa shape index (κ1) is 22.9. The van der Waals surface area contributed by atoms with E-state index < -0.39 is 16.1 Å². The number of anilines is 1. The van der Waals surface area contributed by atoms with Gasteiger partial charge in [-0.1, -0.05) is 29.8 Å². The van der Waals surface area contributed by atoms with E-state index >= 15 is 0 Å². The van der Waals surface area contributed by atoms with Crippen LogP contribution in [0.25, 0.3) is 5.69 Å². The van der Waals surface area contributed by atoms with Crippen molar-refractivity contribution < 1.29 is 42.8 Å². The van der Waals surface area contributed by atoms with E-state index in [1.807, 2.05) is 16.9 Å². The number of benzene rings is 2. The Kier molecular flexibility index (Phi) is 7.46. The summed E-state index contributed by atoms with van der Waals surface area (Å²) in [4.78, 5) is 12.2. The zero-order chi connectivity index (χ0) is 20.3. The first-order chi connectivity index (χ1) is 13.3. The van der Waals surface area contributed by atoms with Crippen molar-refractivity contribution in [1.29, 1.82) is 5.26 Å². The maximum atomic E-state index is 12.4. The Hall–Kier alpha value is -2.35. The second-order valence-electron chi connectivity index (χ2n) is 5.68. The standard InChI is InChI=1S/C18H14ClN5O3S.Na/c1-12-16(11-20)17(24(22-12)14-5-3-2-4-6-14)21-18(25)23-28(26,27)15-9-7-13(19)8-10-15;/h2-10H,1H3,(H2,21,23,25);/q;+1. The molecular formula is C18H14ClN5NaO3S+. The maximum Gasteiger partial charge on any atom is 1.00 e. The predicted molar refractivity (Wildman–Crippen MR) is 104 cm³/mol. The SMILES string of the molecule is Cc1nn(-c2ccccc2)c(NC(=O)NS(=O)(=O)c2ccc(Cl)cc2)c1C#N.[Na+]. The molecule has 0 atom stereocenters. The Labute approximate surface area is 194 Å². The maximum absolute atomic E-state index is 12.4. The fourth-order valence-corrected chi connectivity index (χ4v) is 3.49. The molecule has 0 aliphatic heterocycles. The Morgan fingerprint density at radius 3 is 2.34 bits per heavy atom. The zero-order valence-electron chi connectivity index (χ0n) is 15.5. The van der Waals surface area contributed by atoms with Crippen molar-refractivity contribution in [3.63, 3.8) is 0 Å². The Morgan fingerprint density at radius 2 is 1.76 bits per heavy atom. The minimum atomic E-state index is -4.12. The van der Waals surface area contributed by atoms with Crippen molar-refractivity contribution in [3.05, 3.63) is 70.9 Å². The number of nitrogens with zero attached hydrogens (tertiary/aromatic N) is 3. The number of para-hydroxylation sites is 1. The fourth-order valence-electron chi connectivity index (χ4n) is 2.46. The molecule has 3 rings (SSSR count). The normalized spacial score (nSPS) is 10.5. The third kappa shape index (κ3) is 5.18. The quantitative estimate of drug-likeness (QED) is 0.565. The number of urea groups is 1. The van der Waals surface area contributed by atoms with Crippen LogP contribution in [0.5, 0.6) is 0 Å². The van der Waals surface area contributed by atoms with Gasteiger partial charge in [-0.05, 0) is 43.3 Å². The third-order valence-electron chi connectivity index (χ3n) is 3.76. The Bertz CT molecular complexity index is 1170. The summed E-state index contributed by atoms with van der Waals surface area (Å²) >= 11 is 5.75. The number of sulfonamides is 1. The van der Waals surface area contributed by atoms with Gasteiger partial charge in [0.2, 0.25) is 0 Å². The van der Waals surface area contributed by atoms with E-state index in [1.54, 1.807) is 31.2 Å². The summed E-state index contributed by atoms with van der Waals surface area (Å²) in [5, 5.41) is 16.4. The van der Waals surface area contributed by atoms with E-state index in [0.717, 1.165) is 0 Å².